The molecule has 0 atom stereocenters. The SMILES string of the molecule is COC(=O)c1cc(-c2cccc(C(F)(F)F)c2)ccc1NC(=O)Cc1csc(C)n1. The number of esters is 1. The average Bonchev–Trinajstić information content (AvgIpc) is 3.11. The molecule has 0 unspecified atom stereocenters. The normalized spacial score (nSPS) is 11.2. The van der Waals surface area contributed by atoms with Crippen molar-refractivity contribution >= 4 is 28.9 Å². The molecule has 0 aliphatic carbocycles. The van der Waals surface area contributed by atoms with Crippen LogP contribution in [-0.4, -0.2) is 24.0 Å². The van der Waals surface area contributed by atoms with Crippen LogP contribution in [0.3, 0.4) is 0 Å². The van der Waals surface area contributed by atoms with Gasteiger partial charge in [0, 0.05) is 5.38 Å². The van der Waals surface area contributed by atoms with Crippen LogP contribution in [0.1, 0.15) is 26.6 Å². The molecule has 0 bridgehead atoms. The minimum atomic E-state index is -4.48. The zero-order valence-electron chi connectivity index (χ0n) is 16.0. The molecule has 0 aliphatic heterocycles. The Hall–Kier alpha value is -3.20. The fourth-order valence-corrected chi connectivity index (χ4v) is 3.45. The van der Waals surface area contributed by atoms with Gasteiger partial charge in [-0.15, -0.1) is 11.3 Å². The lowest BCUT2D eigenvalue weighted by atomic mass is 9.99. The largest absolute Gasteiger partial charge is 0.465 e. The van der Waals surface area contributed by atoms with Crippen LogP contribution in [0.4, 0.5) is 18.9 Å². The Morgan fingerprint density at radius 2 is 1.87 bits per heavy atom. The van der Waals surface area contributed by atoms with Crippen LogP contribution < -0.4 is 5.32 Å². The molecule has 156 valence electrons. The maximum absolute atomic E-state index is 13.0. The molecule has 0 fully saturated rings. The lowest BCUT2D eigenvalue weighted by Gasteiger charge is -2.13. The molecule has 0 saturated heterocycles. The molecule has 9 heteroatoms. The number of nitrogens with one attached hydrogen (secondary N) is 1. The van der Waals surface area contributed by atoms with Gasteiger partial charge in [-0.3, -0.25) is 4.79 Å². The molecular formula is C21H17F3N2O3S. The number of carbonyl (C=O) groups excluding carboxylic acids is 2. The van der Waals surface area contributed by atoms with E-state index in [9.17, 15) is 22.8 Å². The number of ether oxygens (including phenoxy) is 1. The van der Waals surface area contributed by atoms with Gasteiger partial charge >= 0.3 is 12.1 Å². The summed E-state index contributed by atoms with van der Waals surface area (Å²) in [4.78, 5) is 28.8. The summed E-state index contributed by atoms with van der Waals surface area (Å²) in [7, 11) is 1.18. The second-order valence-electron chi connectivity index (χ2n) is 6.41. The van der Waals surface area contributed by atoms with Crippen molar-refractivity contribution in [3.8, 4) is 11.1 Å². The van der Waals surface area contributed by atoms with Crippen LogP contribution in [0, 0.1) is 6.92 Å². The molecule has 1 N–H and O–H groups in total. The Morgan fingerprint density at radius 1 is 1.13 bits per heavy atom. The Labute approximate surface area is 174 Å². The van der Waals surface area contributed by atoms with Gasteiger partial charge in [-0.2, -0.15) is 13.2 Å². The van der Waals surface area contributed by atoms with Gasteiger partial charge < -0.3 is 10.1 Å². The minimum absolute atomic E-state index is 0.0281. The summed E-state index contributed by atoms with van der Waals surface area (Å²) in [6, 6.07) is 9.16. The van der Waals surface area contributed by atoms with Crippen molar-refractivity contribution in [3.05, 3.63) is 69.7 Å². The van der Waals surface area contributed by atoms with Crippen molar-refractivity contribution in [3.63, 3.8) is 0 Å². The van der Waals surface area contributed by atoms with E-state index in [0.29, 0.717) is 11.3 Å². The van der Waals surface area contributed by atoms with Gasteiger partial charge in [0.05, 0.1) is 41.0 Å². The van der Waals surface area contributed by atoms with Crippen molar-refractivity contribution in [1.82, 2.24) is 4.98 Å². The molecule has 0 saturated carbocycles. The smallest absolute Gasteiger partial charge is 0.416 e. The molecule has 0 radical (unpaired) electrons. The van der Waals surface area contributed by atoms with Crippen LogP contribution >= 0.6 is 11.3 Å². The number of halogens is 3. The van der Waals surface area contributed by atoms with Crippen LogP contribution in [0.25, 0.3) is 11.1 Å². The second-order valence-corrected chi connectivity index (χ2v) is 7.48. The molecule has 2 aromatic carbocycles. The lowest BCUT2D eigenvalue weighted by molar-refractivity contribution is -0.137. The molecule has 0 spiro atoms. The monoisotopic (exact) mass is 434 g/mol. The molecule has 3 aromatic rings. The predicted molar refractivity (Wildman–Crippen MR) is 107 cm³/mol. The fourth-order valence-electron chi connectivity index (χ4n) is 2.84. The summed E-state index contributed by atoms with van der Waals surface area (Å²) >= 11 is 1.42. The number of alkyl halides is 3. The van der Waals surface area contributed by atoms with Crippen molar-refractivity contribution in [2.24, 2.45) is 0 Å². The topological polar surface area (TPSA) is 68.3 Å². The number of nitrogens with zero attached hydrogens (tertiary/aromatic N) is 1. The van der Waals surface area contributed by atoms with E-state index < -0.39 is 17.7 Å². The number of thiazole rings is 1. The molecule has 30 heavy (non-hydrogen) atoms. The van der Waals surface area contributed by atoms with E-state index in [2.05, 4.69) is 10.3 Å². The number of hydrogen-bond donors (Lipinski definition) is 1. The quantitative estimate of drug-likeness (QED) is 0.567. The zero-order chi connectivity index (χ0) is 21.9. The van der Waals surface area contributed by atoms with Gasteiger partial charge in [-0.1, -0.05) is 18.2 Å². The third-order valence-corrected chi connectivity index (χ3v) is 5.05. The zero-order valence-corrected chi connectivity index (χ0v) is 16.9. The van der Waals surface area contributed by atoms with Crippen molar-refractivity contribution in [1.29, 1.82) is 0 Å². The highest BCUT2D eigenvalue weighted by Crippen LogP contribution is 2.33. The average molecular weight is 434 g/mol. The third-order valence-electron chi connectivity index (χ3n) is 4.23. The first-order valence-corrected chi connectivity index (χ1v) is 9.66. The Morgan fingerprint density at radius 3 is 2.50 bits per heavy atom. The maximum atomic E-state index is 13.0. The van der Waals surface area contributed by atoms with Gasteiger partial charge in [0.25, 0.3) is 0 Å². The number of carbonyl (C=O) groups is 2. The molecule has 3 rings (SSSR count). The van der Waals surface area contributed by atoms with Crippen LogP contribution in [0.5, 0.6) is 0 Å². The highest BCUT2D eigenvalue weighted by molar-refractivity contribution is 7.09. The number of aryl methyl sites for hydroxylation is 1. The molecule has 1 amide bonds. The number of hydrogen-bond acceptors (Lipinski definition) is 5. The second kappa shape index (κ2) is 8.66. The number of rotatable bonds is 5. The molecular weight excluding hydrogens is 417 g/mol. The Bertz CT molecular complexity index is 1090. The van der Waals surface area contributed by atoms with E-state index in [1.807, 2.05) is 6.92 Å². The van der Waals surface area contributed by atoms with E-state index >= 15 is 0 Å². The summed E-state index contributed by atoms with van der Waals surface area (Å²) in [6.07, 6.45) is -4.45. The first-order chi connectivity index (χ1) is 14.2. The van der Waals surface area contributed by atoms with Crippen molar-refractivity contribution in [2.45, 2.75) is 19.5 Å². The van der Waals surface area contributed by atoms with Gasteiger partial charge in [0.2, 0.25) is 5.91 Å². The molecule has 1 heterocycles. The number of anilines is 1. The van der Waals surface area contributed by atoms with Crippen LogP contribution in [0.2, 0.25) is 0 Å². The summed E-state index contributed by atoms with van der Waals surface area (Å²) in [6.45, 7) is 1.83. The first kappa shape index (κ1) is 21.5. The van der Waals surface area contributed by atoms with Gasteiger partial charge in [-0.25, -0.2) is 9.78 Å². The van der Waals surface area contributed by atoms with Gasteiger partial charge in [-0.05, 0) is 42.3 Å². The Kier molecular flexibility index (Phi) is 6.21. The van der Waals surface area contributed by atoms with Crippen LogP contribution in [-0.2, 0) is 22.1 Å². The number of benzene rings is 2. The highest BCUT2D eigenvalue weighted by Gasteiger charge is 2.30. The summed E-state index contributed by atoms with van der Waals surface area (Å²) in [5, 5.41) is 5.25. The standard InChI is InChI=1S/C21H17F3N2O3S/c1-12-25-16(11-30-12)10-19(27)26-18-7-6-14(9-17(18)20(28)29-2)13-4-3-5-15(8-13)21(22,23)24/h3-9,11H,10H2,1-2H3,(H,26,27). The van der Waals surface area contributed by atoms with Crippen LogP contribution in [0.15, 0.2) is 47.8 Å². The highest BCUT2D eigenvalue weighted by atomic mass is 32.1. The predicted octanol–water partition coefficient (Wildman–Crippen LogP) is 5.11. The third kappa shape index (κ3) is 5.04. The van der Waals surface area contributed by atoms with Crippen molar-refractivity contribution in [2.75, 3.05) is 12.4 Å². The number of amides is 1. The van der Waals surface area contributed by atoms with E-state index in [1.54, 1.807) is 5.38 Å². The minimum Gasteiger partial charge on any atom is -0.465 e. The summed E-state index contributed by atoms with van der Waals surface area (Å²) in [5.74, 6) is -1.10. The fraction of sp³-hybridized carbons (Fsp3) is 0.190. The van der Waals surface area contributed by atoms with Gasteiger partial charge in [0.15, 0.2) is 0 Å². The van der Waals surface area contributed by atoms with E-state index in [4.69, 9.17) is 4.74 Å². The van der Waals surface area contributed by atoms with Crippen molar-refractivity contribution < 1.29 is 27.5 Å². The van der Waals surface area contributed by atoms with E-state index in [1.165, 1.54) is 48.8 Å². The van der Waals surface area contributed by atoms with Gasteiger partial charge in [0.1, 0.15) is 0 Å². The first-order valence-electron chi connectivity index (χ1n) is 8.78. The Balaban J connectivity index is 1.91. The summed E-state index contributed by atoms with van der Waals surface area (Å²) in [5.41, 5.74) is 0.718. The molecule has 1 aromatic heterocycles. The molecule has 0 aliphatic rings. The lowest BCUT2D eigenvalue weighted by Crippen LogP contribution is -2.17. The summed E-state index contributed by atoms with van der Waals surface area (Å²) < 4.78 is 43.8. The van der Waals surface area contributed by atoms with E-state index in [0.717, 1.165) is 17.1 Å². The van der Waals surface area contributed by atoms with E-state index in [-0.39, 0.29) is 29.1 Å². The molecule has 5 nitrogen and oxygen atoms in total. The number of aromatic nitrogens is 1. The number of methoxy groups -OCH3 is 1. The maximum Gasteiger partial charge on any atom is 0.416 e.